The third-order valence-electron chi connectivity index (χ3n) is 14.4. The van der Waals surface area contributed by atoms with Gasteiger partial charge in [-0.25, -0.2) is 4.79 Å². The van der Waals surface area contributed by atoms with Crippen molar-refractivity contribution in [3.8, 4) is 5.75 Å². The molecule has 0 aliphatic carbocycles. The van der Waals surface area contributed by atoms with Crippen molar-refractivity contribution < 1.29 is 52.5 Å². The lowest BCUT2D eigenvalue weighted by molar-refractivity contribution is -0.332. The fourth-order valence-corrected chi connectivity index (χ4v) is 11.0. The van der Waals surface area contributed by atoms with Crippen LogP contribution in [0, 0.1) is 29.6 Å². The van der Waals surface area contributed by atoms with Gasteiger partial charge in [-0.1, -0.05) is 59.8 Å². The van der Waals surface area contributed by atoms with E-state index in [-0.39, 0.29) is 60.3 Å². The van der Waals surface area contributed by atoms with E-state index in [2.05, 4.69) is 41.5 Å². The maximum absolute atomic E-state index is 11.6. The first-order chi connectivity index (χ1) is 26.1. The molecule has 6 aliphatic rings. The van der Waals surface area contributed by atoms with Crippen molar-refractivity contribution in [3.63, 3.8) is 0 Å². The van der Waals surface area contributed by atoms with Crippen molar-refractivity contribution in [3.05, 3.63) is 41.5 Å². The summed E-state index contributed by atoms with van der Waals surface area (Å²) in [6, 6.07) is 7.82. The Morgan fingerprint density at radius 1 is 1.00 bits per heavy atom. The number of ether oxygens (including phenoxy) is 9. The summed E-state index contributed by atoms with van der Waals surface area (Å²) in [7, 11) is 3.41. The number of hydrogen-bond acceptors (Lipinski definition) is 10. The van der Waals surface area contributed by atoms with E-state index in [1.165, 1.54) is 0 Å². The predicted octanol–water partition coefficient (Wildman–Crippen LogP) is 7.99. The topological polar surface area (TPSA) is 120 Å². The summed E-state index contributed by atoms with van der Waals surface area (Å²) < 4.78 is 59.7. The van der Waals surface area contributed by atoms with Gasteiger partial charge in [0.05, 0.1) is 54.9 Å². The number of carbonyl (C=O) groups is 1. The minimum Gasteiger partial charge on any atom is -0.497 e. The highest BCUT2D eigenvalue weighted by molar-refractivity contribution is 5.85. The second kappa shape index (κ2) is 15.6. The molecule has 0 amide bonds. The molecule has 1 aromatic rings. The van der Waals surface area contributed by atoms with E-state index in [0.29, 0.717) is 24.5 Å². The van der Waals surface area contributed by atoms with Crippen molar-refractivity contribution in [1.82, 2.24) is 0 Å². The van der Waals surface area contributed by atoms with Gasteiger partial charge in [-0.3, -0.25) is 0 Å². The second-order valence-corrected chi connectivity index (χ2v) is 18.2. The fourth-order valence-electron chi connectivity index (χ4n) is 11.0. The van der Waals surface area contributed by atoms with Gasteiger partial charge in [-0.2, -0.15) is 0 Å². The summed E-state index contributed by atoms with van der Waals surface area (Å²) in [5.74, 6) is -1.11. The number of aliphatic carboxylic acids is 1. The SMILES string of the molecule is CC[C@@]1([C@@H]2O[C@H]([C@H]3O[C@@]4(CO[C@H](c5ccc(OC)cc5)O4)[C@H](C)C[C@@H]3C)C[C@@H]2C)CC[C@H]([C@@]2(C)CC[C@]3(C[C@H](OC)[C@@H](C)[C@@H]([C@@H](C)/C=C(\C)C(=O)O)O3)O2)O1. The molecule has 1 N–H and O–H groups in total. The van der Waals surface area contributed by atoms with Crippen LogP contribution in [0.15, 0.2) is 35.9 Å². The zero-order valence-electron chi connectivity index (χ0n) is 34.7. The maximum atomic E-state index is 11.6. The maximum Gasteiger partial charge on any atom is 0.330 e. The molecule has 6 fully saturated rings. The van der Waals surface area contributed by atoms with E-state index in [1.807, 2.05) is 31.2 Å². The molecule has 6 saturated heterocycles. The van der Waals surface area contributed by atoms with Crippen molar-refractivity contribution >= 4 is 5.97 Å². The molecule has 55 heavy (non-hydrogen) atoms. The summed E-state index contributed by atoms with van der Waals surface area (Å²) in [5, 5.41) is 9.55. The molecule has 16 atom stereocenters. The zero-order valence-corrected chi connectivity index (χ0v) is 34.7. The van der Waals surface area contributed by atoms with E-state index in [0.717, 1.165) is 56.3 Å². The Morgan fingerprint density at radius 3 is 2.42 bits per heavy atom. The monoisotopic (exact) mass is 770 g/mol. The Balaban J connectivity index is 1.03. The van der Waals surface area contributed by atoms with Gasteiger partial charge in [-0.05, 0) is 76.3 Å². The van der Waals surface area contributed by atoms with E-state index >= 15 is 0 Å². The summed E-state index contributed by atoms with van der Waals surface area (Å²) in [6.07, 6.45) is 7.13. The second-order valence-electron chi connectivity index (χ2n) is 18.2. The Labute approximate surface area is 328 Å². The summed E-state index contributed by atoms with van der Waals surface area (Å²) in [4.78, 5) is 11.6. The average molecular weight is 771 g/mol. The van der Waals surface area contributed by atoms with Gasteiger partial charge in [0, 0.05) is 48.8 Å². The van der Waals surface area contributed by atoms with Crippen LogP contribution in [0.4, 0.5) is 0 Å². The minimum atomic E-state index is -0.918. The minimum absolute atomic E-state index is 0.0694. The first-order valence-electron chi connectivity index (χ1n) is 20.9. The van der Waals surface area contributed by atoms with Gasteiger partial charge in [0.15, 0.2) is 17.9 Å². The highest BCUT2D eigenvalue weighted by atomic mass is 16.8. The van der Waals surface area contributed by atoms with Crippen LogP contribution < -0.4 is 4.74 Å². The average Bonchev–Trinajstić information content (AvgIpc) is 3.96. The molecule has 11 heteroatoms. The van der Waals surface area contributed by atoms with Crippen LogP contribution in [0.1, 0.15) is 119 Å². The molecule has 2 spiro atoms. The molecule has 6 aliphatic heterocycles. The van der Waals surface area contributed by atoms with E-state index in [9.17, 15) is 9.90 Å². The van der Waals surface area contributed by atoms with Crippen LogP contribution in [-0.4, -0.2) is 91.3 Å². The van der Waals surface area contributed by atoms with Crippen LogP contribution in [0.3, 0.4) is 0 Å². The highest BCUT2D eigenvalue weighted by Gasteiger charge is 2.62. The fraction of sp³-hybridized carbons (Fsp3) is 0.795. The Hall–Kier alpha value is -2.09. The van der Waals surface area contributed by atoms with Gasteiger partial charge >= 0.3 is 5.97 Å². The van der Waals surface area contributed by atoms with Gasteiger partial charge in [0.1, 0.15) is 12.4 Å². The first kappa shape index (κ1) is 41.1. The van der Waals surface area contributed by atoms with Crippen molar-refractivity contribution in [2.24, 2.45) is 29.6 Å². The molecule has 0 bridgehead atoms. The lowest BCUT2D eigenvalue weighted by Gasteiger charge is -2.48. The van der Waals surface area contributed by atoms with E-state index in [1.54, 1.807) is 27.2 Å². The molecule has 0 unspecified atom stereocenters. The molecule has 1 aromatic carbocycles. The van der Waals surface area contributed by atoms with Gasteiger partial charge in [0.25, 0.3) is 0 Å². The zero-order chi connectivity index (χ0) is 39.5. The predicted molar refractivity (Wildman–Crippen MR) is 204 cm³/mol. The Bertz CT molecular complexity index is 1550. The quantitative estimate of drug-likeness (QED) is 0.233. The largest absolute Gasteiger partial charge is 0.497 e. The van der Waals surface area contributed by atoms with Gasteiger partial charge in [-0.15, -0.1) is 0 Å². The smallest absolute Gasteiger partial charge is 0.330 e. The van der Waals surface area contributed by atoms with Crippen LogP contribution in [0.2, 0.25) is 0 Å². The molecule has 0 aromatic heterocycles. The van der Waals surface area contributed by atoms with Crippen LogP contribution >= 0.6 is 0 Å². The lowest BCUT2D eigenvalue weighted by atomic mass is 9.80. The Morgan fingerprint density at radius 2 is 1.75 bits per heavy atom. The number of rotatable bonds is 10. The Kier molecular flexibility index (Phi) is 11.6. The molecule has 6 heterocycles. The summed E-state index contributed by atoms with van der Waals surface area (Å²) >= 11 is 0. The van der Waals surface area contributed by atoms with Crippen molar-refractivity contribution in [2.75, 3.05) is 20.8 Å². The lowest BCUT2D eigenvalue weighted by Crippen LogP contribution is -2.55. The van der Waals surface area contributed by atoms with Crippen molar-refractivity contribution in [1.29, 1.82) is 0 Å². The number of hydrogen-bond donors (Lipinski definition) is 1. The summed E-state index contributed by atoms with van der Waals surface area (Å²) in [5.41, 5.74) is 0.261. The van der Waals surface area contributed by atoms with Crippen LogP contribution in [0.25, 0.3) is 0 Å². The molecule has 308 valence electrons. The van der Waals surface area contributed by atoms with E-state index in [4.69, 9.17) is 42.6 Å². The molecule has 11 nitrogen and oxygen atoms in total. The number of carboxylic acids is 1. The van der Waals surface area contributed by atoms with Gasteiger partial charge < -0.3 is 47.7 Å². The number of carboxylic acid groups (broad SMARTS) is 1. The van der Waals surface area contributed by atoms with Gasteiger partial charge in [0.2, 0.25) is 0 Å². The molecule has 0 saturated carbocycles. The number of benzene rings is 1. The van der Waals surface area contributed by atoms with E-state index < -0.39 is 35.0 Å². The van der Waals surface area contributed by atoms with Crippen LogP contribution in [0.5, 0.6) is 5.75 Å². The van der Waals surface area contributed by atoms with Crippen LogP contribution in [-0.2, 0) is 42.7 Å². The highest BCUT2D eigenvalue weighted by Crippen LogP contribution is 2.55. The normalized spacial score (nSPS) is 46.8. The standard InChI is InChI=1S/C44H66O11/c1-11-42(17-16-35(51-42)41(8)18-19-43(55-41)23-34(48-10)30(7)36(52-43)25(2)20-28(5)39(45)46)38-27(4)22-33(50-38)37-26(3)21-29(6)44(53-37)24-49-40(54-44)31-12-14-32(47-9)15-13-31/h12-15,20,25-27,29-30,33-38,40H,11,16-19,21-24H2,1-10H3,(H,45,46)/b28-20+/t25-,26-,27-,29+,30+,33-,34-,35+,36+,37-,38+,40-,41+,42-,43+,44+/m0/s1. The first-order valence-corrected chi connectivity index (χ1v) is 20.9. The third kappa shape index (κ3) is 7.55. The van der Waals surface area contributed by atoms with Crippen molar-refractivity contribution in [2.45, 2.75) is 172 Å². The number of methoxy groups -OCH3 is 2. The molecule has 7 rings (SSSR count). The third-order valence-corrected chi connectivity index (χ3v) is 14.4. The molecular weight excluding hydrogens is 704 g/mol. The summed E-state index contributed by atoms with van der Waals surface area (Å²) in [6.45, 7) is 17.3. The molecular formula is C44H66O11. The molecule has 0 radical (unpaired) electrons.